The number of nitrogens with zero attached hydrogens (tertiary/aromatic N) is 2. The highest BCUT2D eigenvalue weighted by molar-refractivity contribution is 6.07. The molecule has 2 aliphatic heterocycles. The molecule has 2 aliphatic rings. The van der Waals surface area contributed by atoms with Crippen LogP contribution in [0.5, 0.6) is 0 Å². The summed E-state index contributed by atoms with van der Waals surface area (Å²) in [4.78, 5) is 17.8. The van der Waals surface area contributed by atoms with Gasteiger partial charge in [0.1, 0.15) is 0 Å². The summed E-state index contributed by atoms with van der Waals surface area (Å²) in [6.45, 7) is 7.40. The van der Waals surface area contributed by atoms with E-state index in [9.17, 15) is 4.79 Å². The zero-order valence-electron chi connectivity index (χ0n) is 15.9. The van der Waals surface area contributed by atoms with Gasteiger partial charge in [0, 0.05) is 36.6 Å². The average Bonchev–Trinajstić information content (AvgIpc) is 3.12. The topological polar surface area (TPSA) is 23.6 Å². The average molecular weight is 348 g/mol. The first-order chi connectivity index (χ1) is 12.6. The number of benzene rings is 2. The van der Waals surface area contributed by atoms with Crippen LogP contribution in [0.1, 0.15) is 47.7 Å². The van der Waals surface area contributed by atoms with Gasteiger partial charge in [-0.05, 0) is 73.9 Å². The summed E-state index contributed by atoms with van der Waals surface area (Å²) in [7, 11) is 0. The number of anilines is 2. The summed E-state index contributed by atoms with van der Waals surface area (Å²) < 4.78 is 0. The van der Waals surface area contributed by atoms with Crippen molar-refractivity contribution in [2.24, 2.45) is 5.92 Å². The van der Waals surface area contributed by atoms with Gasteiger partial charge in [-0.25, -0.2) is 0 Å². The third-order valence-corrected chi connectivity index (χ3v) is 5.85. The Kier molecular flexibility index (Phi) is 4.71. The van der Waals surface area contributed by atoms with Crippen LogP contribution < -0.4 is 9.80 Å². The number of carbonyl (C=O) groups is 1. The predicted molar refractivity (Wildman–Crippen MR) is 108 cm³/mol. The molecule has 1 unspecified atom stereocenters. The Hall–Kier alpha value is -2.29. The Labute approximate surface area is 156 Å². The molecule has 0 aliphatic carbocycles. The Morgan fingerprint density at radius 1 is 1.04 bits per heavy atom. The lowest BCUT2D eigenvalue weighted by atomic mass is 9.99. The SMILES string of the molecule is Cc1cc(N2CCCC2)ccc1C(=O)N1CCC(C)Cc2ccccc21. The summed E-state index contributed by atoms with van der Waals surface area (Å²) in [5, 5.41) is 0. The van der Waals surface area contributed by atoms with E-state index in [2.05, 4.69) is 49.1 Å². The summed E-state index contributed by atoms with van der Waals surface area (Å²) >= 11 is 0. The molecule has 0 N–H and O–H groups in total. The molecular formula is C23H28N2O. The highest BCUT2D eigenvalue weighted by atomic mass is 16.2. The van der Waals surface area contributed by atoms with E-state index < -0.39 is 0 Å². The second kappa shape index (κ2) is 7.14. The number of hydrogen-bond donors (Lipinski definition) is 0. The minimum absolute atomic E-state index is 0.136. The van der Waals surface area contributed by atoms with Crippen molar-refractivity contribution in [3.63, 3.8) is 0 Å². The molecule has 1 fully saturated rings. The summed E-state index contributed by atoms with van der Waals surface area (Å²) in [5.74, 6) is 0.740. The summed E-state index contributed by atoms with van der Waals surface area (Å²) in [6, 6.07) is 14.7. The van der Waals surface area contributed by atoms with E-state index in [0.717, 1.165) is 49.3 Å². The van der Waals surface area contributed by atoms with Crippen molar-refractivity contribution >= 4 is 17.3 Å². The van der Waals surface area contributed by atoms with Gasteiger partial charge in [0.25, 0.3) is 5.91 Å². The van der Waals surface area contributed by atoms with E-state index in [1.54, 1.807) is 0 Å². The normalized spacial score (nSPS) is 20.0. The molecule has 2 aromatic carbocycles. The van der Waals surface area contributed by atoms with Gasteiger partial charge in [0.2, 0.25) is 0 Å². The van der Waals surface area contributed by atoms with Gasteiger partial charge in [-0.3, -0.25) is 4.79 Å². The Morgan fingerprint density at radius 3 is 2.58 bits per heavy atom. The van der Waals surface area contributed by atoms with Crippen molar-refractivity contribution in [3.05, 3.63) is 59.2 Å². The van der Waals surface area contributed by atoms with Crippen LogP contribution in [0, 0.1) is 12.8 Å². The van der Waals surface area contributed by atoms with Gasteiger partial charge in [0.05, 0.1) is 0 Å². The molecule has 3 nitrogen and oxygen atoms in total. The fourth-order valence-corrected chi connectivity index (χ4v) is 4.31. The van der Waals surface area contributed by atoms with E-state index in [0.29, 0.717) is 5.92 Å². The lowest BCUT2D eigenvalue weighted by Crippen LogP contribution is -2.32. The molecule has 0 radical (unpaired) electrons. The number of hydrogen-bond acceptors (Lipinski definition) is 2. The highest BCUT2D eigenvalue weighted by Gasteiger charge is 2.25. The third-order valence-electron chi connectivity index (χ3n) is 5.85. The number of carbonyl (C=O) groups excluding carboxylic acids is 1. The number of para-hydroxylation sites is 1. The van der Waals surface area contributed by atoms with E-state index in [1.165, 1.54) is 24.1 Å². The van der Waals surface area contributed by atoms with E-state index in [-0.39, 0.29) is 5.91 Å². The molecule has 0 bridgehead atoms. The van der Waals surface area contributed by atoms with E-state index in [1.807, 2.05) is 17.0 Å². The standard InChI is InChI=1S/C23H28N2O/c1-17-11-14-25(22-8-4-3-7-19(22)15-17)23(26)21-10-9-20(16-18(21)2)24-12-5-6-13-24/h3-4,7-10,16-17H,5-6,11-15H2,1-2H3. The minimum Gasteiger partial charge on any atom is -0.372 e. The van der Waals surface area contributed by atoms with Gasteiger partial charge >= 0.3 is 0 Å². The first kappa shape index (κ1) is 17.1. The lowest BCUT2D eigenvalue weighted by Gasteiger charge is -2.25. The zero-order valence-corrected chi connectivity index (χ0v) is 15.9. The molecular weight excluding hydrogens is 320 g/mol. The highest BCUT2D eigenvalue weighted by Crippen LogP contribution is 2.31. The van der Waals surface area contributed by atoms with Gasteiger partial charge in [-0.15, -0.1) is 0 Å². The third kappa shape index (κ3) is 3.23. The molecule has 4 rings (SSSR count). The molecule has 3 heteroatoms. The van der Waals surface area contributed by atoms with Gasteiger partial charge in [-0.2, -0.15) is 0 Å². The predicted octanol–water partition coefficient (Wildman–Crippen LogP) is 4.82. The van der Waals surface area contributed by atoms with Crippen LogP contribution in [0.4, 0.5) is 11.4 Å². The fourth-order valence-electron chi connectivity index (χ4n) is 4.31. The van der Waals surface area contributed by atoms with Crippen LogP contribution in [0.2, 0.25) is 0 Å². The number of aryl methyl sites for hydroxylation is 1. The number of amides is 1. The second-order valence-electron chi connectivity index (χ2n) is 7.88. The monoisotopic (exact) mass is 348 g/mol. The molecule has 136 valence electrons. The maximum absolute atomic E-state index is 13.4. The maximum Gasteiger partial charge on any atom is 0.258 e. The minimum atomic E-state index is 0.136. The van der Waals surface area contributed by atoms with Crippen LogP contribution >= 0.6 is 0 Å². The summed E-state index contributed by atoms with van der Waals surface area (Å²) in [6.07, 6.45) is 4.63. The van der Waals surface area contributed by atoms with Crippen molar-refractivity contribution in [2.45, 2.75) is 39.5 Å². The molecule has 0 spiro atoms. The van der Waals surface area contributed by atoms with Gasteiger partial charge in [0.15, 0.2) is 0 Å². The lowest BCUT2D eigenvalue weighted by molar-refractivity contribution is 0.0986. The van der Waals surface area contributed by atoms with Crippen LogP contribution in [0.15, 0.2) is 42.5 Å². The molecule has 2 heterocycles. The first-order valence-corrected chi connectivity index (χ1v) is 9.89. The second-order valence-corrected chi connectivity index (χ2v) is 7.88. The molecule has 0 saturated carbocycles. The van der Waals surface area contributed by atoms with E-state index >= 15 is 0 Å². The molecule has 26 heavy (non-hydrogen) atoms. The van der Waals surface area contributed by atoms with Crippen LogP contribution in [-0.2, 0) is 6.42 Å². The van der Waals surface area contributed by atoms with E-state index in [4.69, 9.17) is 0 Å². The van der Waals surface area contributed by atoms with Crippen molar-refractivity contribution in [2.75, 3.05) is 29.4 Å². The Morgan fingerprint density at radius 2 is 1.81 bits per heavy atom. The Bertz CT molecular complexity index is 808. The first-order valence-electron chi connectivity index (χ1n) is 9.89. The number of rotatable bonds is 2. The van der Waals surface area contributed by atoms with Crippen LogP contribution in [0.25, 0.3) is 0 Å². The molecule has 0 aromatic heterocycles. The van der Waals surface area contributed by atoms with Crippen molar-refractivity contribution in [1.29, 1.82) is 0 Å². The molecule has 1 atom stereocenters. The quantitative estimate of drug-likeness (QED) is 0.776. The van der Waals surface area contributed by atoms with Gasteiger partial charge < -0.3 is 9.80 Å². The van der Waals surface area contributed by atoms with Crippen LogP contribution in [0.3, 0.4) is 0 Å². The molecule has 1 amide bonds. The summed E-state index contributed by atoms with van der Waals surface area (Å²) in [5.41, 5.74) is 5.54. The molecule has 1 saturated heterocycles. The van der Waals surface area contributed by atoms with Crippen LogP contribution in [-0.4, -0.2) is 25.5 Å². The Balaban J connectivity index is 1.65. The van der Waals surface area contributed by atoms with Crippen molar-refractivity contribution in [1.82, 2.24) is 0 Å². The number of fused-ring (bicyclic) bond motifs is 1. The largest absolute Gasteiger partial charge is 0.372 e. The zero-order chi connectivity index (χ0) is 18.1. The maximum atomic E-state index is 13.4. The van der Waals surface area contributed by atoms with Gasteiger partial charge in [-0.1, -0.05) is 25.1 Å². The smallest absolute Gasteiger partial charge is 0.258 e. The van der Waals surface area contributed by atoms with Crippen molar-refractivity contribution in [3.8, 4) is 0 Å². The van der Waals surface area contributed by atoms with Crippen molar-refractivity contribution < 1.29 is 4.79 Å². The fraction of sp³-hybridized carbons (Fsp3) is 0.435. The molecule has 2 aromatic rings.